The number of methoxy groups -OCH3 is 1. The molecule has 18 heavy (non-hydrogen) atoms. The van der Waals surface area contributed by atoms with E-state index in [1.165, 1.54) is 25.3 Å². The summed E-state index contributed by atoms with van der Waals surface area (Å²) in [6.07, 6.45) is -0.993. The van der Waals surface area contributed by atoms with Gasteiger partial charge in [0.05, 0.1) is 17.6 Å². The van der Waals surface area contributed by atoms with Crippen molar-refractivity contribution in [3.05, 3.63) is 33.9 Å². The number of benzene rings is 1. The summed E-state index contributed by atoms with van der Waals surface area (Å²) < 4.78 is 30.6. The highest BCUT2D eigenvalue weighted by molar-refractivity contribution is 5.50. The molecule has 0 aromatic heterocycles. The zero-order chi connectivity index (χ0) is 13.6. The minimum absolute atomic E-state index is 0.0819. The van der Waals surface area contributed by atoms with Crippen molar-refractivity contribution in [2.24, 2.45) is 5.73 Å². The SMILES string of the molecule is COc1ccc(C2(N)CC(F)(F)C2)cc1[N+](=O)[O-]. The standard InChI is InChI=1S/C11H12F2N2O3/c1-18-9-3-2-7(4-8(9)15(16)17)10(14)5-11(12,13)6-10/h2-4H,5-6,14H2,1H3. The summed E-state index contributed by atoms with van der Waals surface area (Å²) in [7, 11) is 1.30. The summed E-state index contributed by atoms with van der Waals surface area (Å²) in [6.45, 7) is 0. The van der Waals surface area contributed by atoms with E-state index >= 15 is 0 Å². The Morgan fingerprint density at radius 2 is 2.06 bits per heavy atom. The van der Waals surface area contributed by atoms with Crippen molar-refractivity contribution >= 4 is 5.69 Å². The van der Waals surface area contributed by atoms with Gasteiger partial charge in [0.15, 0.2) is 5.75 Å². The zero-order valence-electron chi connectivity index (χ0n) is 9.65. The Hall–Kier alpha value is -1.76. The fraction of sp³-hybridized carbons (Fsp3) is 0.455. The van der Waals surface area contributed by atoms with E-state index in [0.29, 0.717) is 5.56 Å². The molecule has 1 aliphatic carbocycles. The minimum atomic E-state index is -2.79. The maximum Gasteiger partial charge on any atom is 0.311 e. The predicted molar refractivity (Wildman–Crippen MR) is 59.7 cm³/mol. The van der Waals surface area contributed by atoms with Crippen LogP contribution in [0.25, 0.3) is 0 Å². The van der Waals surface area contributed by atoms with Crippen LogP contribution >= 0.6 is 0 Å². The van der Waals surface area contributed by atoms with Crippen molar-refractivity contribution in [1.29, 1.82) is 0 Å². The van der Waals surface area contributed by atoms with Crippen molar-refractivity contribution in [1.82, 2.24) is 0 Å². The lowest BCUT2D eigenvalue weighted by molar-refractivity contribution is -0.385. The Balaban J connectivity index is 2.37. The van der Waals surface area contributed by atoms with Crippen molar-refractivity contribution in [3.8, 4) is 5.75 Å². The summed E-state index contributed by atoms with van der Waals surface area (Å²) >= 11 is 0. The molecule has 0 radical (unpaired) electrons. The van der Waals surface area contributed by atoms with Crippen molar-refractivity contribution in [2.45, 2.75) is 24.3 Å². The molecule has 0 heterocycles. The van der Waals surface area contributed by atoms with Crippen LogP contribution in [0.1, 0.15) is 18.4 Å². The molecule has 1 fully saturated rings. The monoisotopic (exact) mass is 258 g/mol. The minimum Gasteiger partial charge on any atom is -0.490 e. The fourth-order valence-electron chi connectivity index (χ4n) is 2.22. The largest absolute Gasteiger partial charge is 0.490 e. The number of hydrogen-bond donors (Lipinski definition) is 1. The van der Waals surface area contributed by atoms with Crippen LogP contribution in [0.3, 0.4) is 0 Å². The third-order valence-corrected chi connectivity index (χ3v) is 3.10. The molecule has 5 nitrogen and oxygen atoms in total. The lowest BCUT2D eigenvalue weighted by Gasteiger charge is -2.44. The van der Waals surface area contributed by atoms with E-state index in [-0.39, 0.29) is 11.4 Å². The van der Waals surface area contributed by atoms with Gasteiger partial charge < -0.3 is 10.5 Å². The average molecular weight is 258 g/mol. The Bertz CT molecular complexity index is 497. The van der Waals surface area contributed by atoms with Crippen LogP contribution in [-0.4, -0.2) is 18.0 Å². The molecule has 2 rings (SSSR count). The second-order valence-corrected chi connectivity index (χ2v) is 4.51. The summed E-state index contributed by atoms with van der Waals surface area (Å²) in [5.41, 5.74) is 4.69. The molecule has 2 N–H and O–H groups in total. The van der Waals surface area contributed by atoms with Gasteiger partial charge in [-0.1, -0.05) is 6.07 Å². The lowest BCUT2D eigenvalue weighted by atomic mass is 9.70. The van der Waals surface area contributed by atoms with E-state index in [9.17, 15) is 18.9 Å². The Morgan fingerprint density at radius 3 is 2.50 bits per heavy atom. The van der Waals surface area contributed by atoms with E-state index in [4.69, 9.17) is 10.5 Å². The van der Waals surface area contributed by atoms with E-state index < -0.39 is 29.2 Å². The number of halogens is 2. The Morgan fingerprint density at radius 1 is 1.44 bits per heavy atom. The first-order chi connectivity index (χ1) is 8.27. The van der Waals surface area contributed by atoms with Crippen LogP contribution < -0.4 is 10.5 Å². The third kappa shape index (κ3) is 2.01. The van der Waals surface area contributed by atoms with Crippen LogP contribution in [0, 0.1) is 10.1 Å². The fourth-order valence-corrected chi connectivity index (χ4v) is 2.22. The molecule has 7 heteroatoms. The van der Waals surface area contributed by atoms with Crippen LogP contribution in [0.2, 0.25) is 0 Å². The highest BCUT2D eigenvalue weighted by Gasteiger charge is 2.55. The Labute approximate surface area is 102 Å². The topological polar surface area (TPSA) is 78.4 Å². The van der Waals surface area contributed by atoms with Crippen LogP contribution in [0.4, 0.5) is 14.5 Å². The average Bonchev–Trinajstić information content (AvgIpc) is 2.25. The Kier molecular flexibility index (Phi) is 2.73. The van der Waals surface area contributed by atoms with Gasteiger partial charge in [-0.15, -0.1) is 0 Å². The normalized spacial score (nSPS) is 20.0. The number of nitro benzene ring substituents is 1. The highest BCUT2D eigenvalue weighted by atomic mass is 19.3. The number of alkyl halides is 2. The summed E-state index contributed by atoms with van der Waals surface area (Å²) in [5.74, 6) is -2.71. The third-order valence-electron chi connectivity index (χ3n) is 3.10. The summed E-state index contributed by atoms with van der Waals surface area (Å²) in [4.78, 5) is 10.2. The molecular formula is C11H12F2N2O3. The molecule has 0 atom stereocenters. The maximum absolute atomic E-state index is 12.9. The number of rotatable bonds is 3. The number of nitrogens with zero attached hydrogens (tertiary/aromatic N) is 1. The van der Waals surface area contributed by atoms with Gasteiger partial charge in [-0.25, -0.2) is 8.78 Å². The van der Waals surface area contributed by atoms with E-state index in [0.717, 1.165) is 0 Å². The molecule has 1 aliphatic rings. The molecule has 1 saturated carbocycles. The van der Waals surface area contributed by atoms with Crippen molar-refractivity contribution < 1.29 is 18.4 Å². The van der Waals surface area contributed by atoms with Gasteiger partial charge in [0.1, 0.15) is 0 Å². The van der Waals surface area contributed by atoms with E-state index in [1.807, 2.05) is 0 Å². The molecule has 1 aromatic carbocycles. The molecule has 98 valence electrons. The number of nitrogens with two attached hydrogens (primary N) is 1. The molecule has 0 aliphatic heterocycles. The maximum atomic E-state index is 12.9. The van der Waals surface area contributed by atoms with Crippen molar-refractivity contribution in [3.63, 3.8) is 0 Å². The van der Waals surface area contributed by atoms with Gasteiger partial charge in [0.25, 0.3) is 5.92 Å². The second kappa shape index (κ2) is 3.88. The summed E-state index contributed by atoms with van der Waals surface area (Å²) in [6, 6.07) is 4.06. The first-order valence-corrected chi connectivity index (χ1v) is 5.27. The number of ether oxygens (including phenoxy) is 1. The molecule has 0 unspecified atom stereocenters. The van der Waals surface area contributed by atoms with Crippen LogP contribution in [0.15, 0.2) is 18.2 Å². The van der Waals surface area contributed by atoms with Gasteiger partial charge in [-0.2, -0.15) is 0 Å². The molecule has 1 aromatic rings. The quantitative estimate of drug-likeness (QED) is 0.665. The first-order valence-electron chi connectivity index (χ1n) is 5.27. The number of hydrogen-bond acceptors (Lipinski definition) is 4. The first kappa shape index (κ1) is 12.7. The van der Waals surface area contributed by atoms with Gasteiger partial charge >= 0.3 is 5.69 Å². The van der Waals surface area contributed by atoms with Crippen molar-refractivity contribution in [2.75, 3.05) is 7.11 Å². The van der Waals surface area contributed by atoms with Gasteiger partial charge in [0, 0.05) is 18.9 Å². The lowest BCUT2D eigenvalue weighted by Crippen LogP contribution is -2.55. The van der Waals surface area contributed by atoms with Gasteiger partial charge in [-0.05, 0) is 11.6 Å². The van der Waals surface area contributed by atoms with Crippen LogP contribution in [0.5, 0.6) is 5.75 Å². The van der Waals surface area contributed by atoms with Gasteiger partial charge in [-0.3, -0.25) is 10.1 Å². The zero-order valence-corrected chi connectivity index (χ0v) is 9.65. The molecular weight excluding hydrogens is 246 g/mol. The highest BCUT2D eigenvalue weighted by Crippen LogP contribution is 2.50. The molecule has 0 saturated heterocycles. The predicted octanol–water partition coefficient (Wildman–Crippen LogP) is 2.19. The van der Waals surface area contributed by atoms with Crippen LogP contribution in [-0.2, 0) is 5.54 Å². The number of nitro groups is 1. The summed E-state index contributed by atoms with van der Waals surface area (Å²) in [5, 5.41) is 10.8. The van der Waals surface area contributed by atoms with E-state index in [2.05, 4.69) is 0 Å². The second-order valence-electron chi connectivity index (χ2n) is 4.51. The molecule has 0 spiro atoms. The van der Waals surface area contributed by atoms with E-state index in [1.54, 1.807) is 0 Å². The molecule has 0 amide bonds. The molecule has 0 bridgehead atoms. The smallest absolute Gasteiger partial charge is 0.311 e. The van der Waals surface area contributed by atoms with Gasteiger partial charge in [0.2, 0.25) is 0 Å².